The van der Waals surface area contributed by atoms with Crippen LogP contribution in [0.4, 0.5) is 5.69 Å². The summed E-state index contributed by atoms with van der Waals surface area (Å²) < 4.78 is 4.42. The van der Waals surface area contributed by atoms with Crippen molar-refractivity contribution >= 4 is 49.3 Å². The van der Waals surface area contributed by atoms with E-state index < -0.39 is 0 Å². The number of aromatic nitrogens is 2. The highest BCUT2D eigenvalue weighted by atomic mass is 15.0. The van der Waals surface area contributed by atoms with E-state index in [2.05, 4.69) is 86.8 Å². The first-order valence-corrected chi connectivity index (χ1v) is 16.3. The molecule has 0 saturated heterocycles. The quantitative estimate of drug-likeness (QED) is 0.181. The van der Waals surface area contributed by atoms with Crippen LogP contribution in [0, 0.1) is 29.2 Å². The van der Waals surface area contributed by atoms with E-state index in [4.69, 9.17) is 6.57 Å². The molecule has 0 bridgehead atoms. The Balaban J connectivity index is 1.23. The number of para-hydroxylation sites is 4. The molecule has 9 aromatic rings. The fraction of sp³-hybridized carbons (Fsp3) is 0. The van der Waals surface area contributed by atoms with Gasteiger partial charge in [0, 0.05) is 27.2 Å². The maximum Gasteiger partial charge on any atom is 0.195 e. The van der Waals surface area contributed by atoms with Crippen LogP contribution in [0.2, 0.25) is 0 Å². The molecule has 50 heavy (non-hydrogen) atoms. The number of nitriles is 2. The molecule has 0 radical (unpaired) electrons. The molecule has 230 valence electrons. The summed E-state index contributed by atoms with van der Waals surface area (Å²) in [5, 5.41) is 24.5. The zero-order valence-electron chi connectivity index (χ0n) is 26.7. The van der Waals surface area contributed by atoms with Crippen molar-refractivity contribution < 1.29 is 0 Å². The Bertz CT molecular complexity index is 2920. The third-order valence-electron chi connectivity index (χ3n) is 9.63. The lowest BCUT2D eigenvalue weighted by Gasteiger charge is -2.17. The van der Waals surface area contributed by atoms with E-state index in [-0.39, 0.29) is 0 Å². The third kappa shape index (κ3) is 4.31. The second-order valence-corrected chi connectivity index (χ2v) is 12.3. The van der Waals surface area contributed by atoms with Crippen molar-refractivity contribution in [3.63, 3.8) is 0 Å². The monoisotopic (exact) mass is 635 g/mol. The van der Waals surface area contributed by atoms with Crippen LogP contribution in [0.25, 0.3) is 82.1 Å². The van der Waals surface area contributed by atoms with Gasteiger partial charge in [-0.05, 0) is 76.9 Å². The molecule has 5 nitrogen and oxygen atoms in total. The number of hydrogen-bond acceptors (Lipinski definition) is 2. The minimum absolute atomic E-state index is 0.522. The standard InChI is InChI=1S/C45H25N5/c1-48-40-22-19-30(33-21-20-32(25-31(33)28-47)49-41-14-6-2-10-34(41)35-11-3-7-15-42(35)49)26-38(40)36-12-4-8-16-43(36)50-44-17-9-5-13-37(44)39-24-29(27-46)18-23-45(39)50/h2-26H. The van der Waals surface area contributed by atoms with Gasteiger partial charge in [0.2, 0.25) is 0 Å². The van der Waals surface area contributed by atoms with Crippen LogP contribution in [0.1, 0.15) is 11.1 Å². The fourth-order valence-electron chi connectivity index (χ4n) is 7.43. The SMILES string of the molecule is [C-]#[N+]c1ccc(-c2ccc(-n3c4ccccc4c4ccccc43)cc2C#N)cc1-c1ccccc1-n1c2ccccc2c2cc(C#N)ccc21. The molecule has 9 rings (SSSR count). The van der Waals surface area contributed by atoms with E-state index in [0.717, 1.165) is 77.2 Å². The van der Waals surface area contributed by atoms with Crippen molar-refractivity contribution in [3.8, 4) is 45.8 Å². The Morgan fingerprint density at radius 3 is 1.78 bits per heavy atom. The molecule has 0 atom stereocenters. The summed E-state index contributed by atoms with van der Waals surface area (Å²) in [4.78, 5) is 3.94. The van der Waals surface area contributed by atoms with Crippen molar-refractivity contribution in [3.05, 3.63) is 174 Å². The first-order valence-electron chi connectivity index (χ1n) is 16.3. The van der Waals surface area contributed by atoms with Gasteiger partial charge in [-0.25, -0.2) is 4.85 Å². The predicted octanol–water partition coefficient (Wildman–Crippen LogP) is 11.5. The molecule has 5 heteroatoms. The van der Waals surface area contributed by atoms with E-state index >= 15 is 0 Å². The van der Waals surface area contributed by atoms with Gasteiger partial charge in [0.25, 0.3) is 0 Å². The van der Waals surface area contributed by atoms with Crippen molar-refractivity contribution in [2.45, 2.75) is 0 Å². The van der Waals surface area contributed by atoms with E-state index in [1.165, 1.54) is 0 Å². The van der Waals surface area contributed by atoms with Crippen LogP contribution < -0.4 is 0 Å². The normalized spacial score (nSPS) is 11.1. The van der Waals surface area contributed by atoms with E-state index in [1.54, 1.807) is 0 Å². The lowest BCUT2D eigenvalue weighted by molar-refractivity contribution is 1.18. The van der Waals surface area contributed by atoms with Crippen molar-refractivity contribution in [1.29, 1.82) is 10.5 Å². The smallest absolute Gasteiger partial charge is 0.195 e. The summed E-state index contributed by atoms with van der Waals surface area (Å²) in [5.41, 5.74) is 11.0. The van der Waals surface area contributed by atoms with Gasteiger partial charge in [0.1, 0.15) is 0 Å². The van der Waals surface area contributed by atoms with Gasteiger partial charge in [0.15, 0.2) is 5.69 Å². The lowest BCUT2D eigenvalue weighted by atomic mass is 9.94. The molecule has 0 fully saturated rings. The molecule has 7 aromatic carbocycles. The molecular formula is C45H25N5. The summed E-state index contributed by atoms with van der Waals surface area (Å²) in [6.45, 7) is 8.11. The molecule has 0 amide bonds. The first kappa shape index (κ1) is 28.8. The van der Waals surface area contributed by atoms with Gasteiger partial charge in [-0.3, -0.25) is 0 Å². The molecular weight excluding hydrogens is 611 g/mol. The minimum Gasteiger partial charge on any atom is -0.309 e. The Morgan fingerprint density at radius 1 is 0.480 bits per heavy atom. The third-order valence-corrected chi connectivity index (χ3v) is 9.63. The van der Waals surface area contributed by atoms with Crippen molar-refractivity contribution in [2.24, 2.45) is 0 Å². The Labute approximate surface area is 288 Å². The first-order chi connectivity index (χ1) is 24.7. The average molecular weight is 636 g/mol. The Morgan fingerprint density at radius 2 is 1.10 bits per heavy atom. The van der Waals surface area contributed by atoms with E-state index in [0.29, 0.717) is 16.8 Å². The zero-order chi connectivity index (χ0) is 33.8. The predicted molar refractivity (Wildman–Crippen MR) is 202 cm³/mol. The van der Waals surface area contributed by atoms with E-state index in [9.17, 15) is 10.5 Å². The number of benzene rings is 7. The van der Waals surface area contributed by atoms with Crippen LogP contribution in [-0.2, 0) is 0 Å². The van der Waals surface area contributed by atoms with Crippen LogP contribution in [-0.4, -0.2) is 9.13 Å². The van der Waals surface area contributed by atoms with Gasteiger partial charge < -0.3 is 9.13 Å². The Kier molecular flexibility index (Phi) is 6.56. The second-order valence-electron chi connectivity index (χ2n) is 12.3. The molecule has 0 spiro atoms. The van der Waals surface area contributed by atoms with Gasteiger partial charge in [-0.2, -0.15) is 10.5 Å². The molecule has 0 unspecified atom stereocenters. The topological polar surface area (TPSA) is 61.8 Å². The fourth-order valence-corrected chi connectivity index (χ4v) is 7.43. The summed E-state index contributed by atoms with van der Waals surface area (Å²) >= 11 is 0. The highest BCUT2D eigenvalue weighted by Crippen LogP contribution is 2.42. The molecule has 0 N–H and O–H groups in total. The van der Waals surface area contributed by atoms with Crippen LogP contribution in [0.5, 0.6) is 0 Å². The summed E-state index contributed by atoms with van der Waals surface area (Å²) in [6, 6.07) is 55.3. The lowest BCUT2D eigenvalue weighted by Crippen LogP contribution is -1.98. The minimum atomic E-state index is 0.522. The van der Waals surface area contributed by atoms with Gasteiger partial charge in [-0.1, -0.05) is 97.1 Å². The van der Waals surface area contributed by atoms with Crippen molar-refractivity contribution in [2.75, 3.05) is 0 Å². The molecule has 0 aliphatic rings. The number of fused-ring (bicyclic) bond motifs is 6. The molecule has 0 aliphatic carbocycles. The molecule has 2 aromatic heterocycles. The average Bonchev–Trinajstić information content (AvgIpc) is 3.70. The van der Waals surface area contributed by atoms with Crippen LogP contribution in [0.3, 0.4) is 0 Å². The number of hydrogen-bond donors (Lipinski definition) is 0. The van der Waals surface area contributed by atoms with E-state index in [1.807, 2.05) is 91.0 Å². The highest BCUT2D eigenvalue weighted by molar-refractivity contribution is 6.11. The molecule has 0 aliphatic heterocycles. The summed E-state index contributed by atoms with van der Waals surface area (Å²) in [6.07, 6.45) is 0. The van der Waals surface area contributed by atoms with Crippen molar-refractivity contribution in [1.82, 2.24) is 9.13 Å². The van der Waals surface area contributed by atoms with Gasteiger partial charge >= 0.3 is 0 Å². The second kappa shape index (κ2) is 11.4. The molecule has 2 heterocycles. The number of rotatable bonds is 4. The Hall–Kier alpha value is -7.39. The van der Waals surface area contributed by atoms with Crippen LogP contribution >= 0.6 is 0 Å². The largest absolute Gasteiger partial charge is 0.309 e. The number of nitrogens with zero attached hydrogens (tertiary/aromatic N) is 5. The van der Waals surface area contributed by atoms with Gasteiger partial charge in [0.05, 0.1) is 57.6 Å². The maximum atomic E-state index is 10.5. The highest BCUT2D eigenvalue weighted by Gasteiger charge is 2.19. The maximum absolute atomic E-state index is 10.5. The van der Waals surface area contributed by atoms with Crippen LogP contribution in [0.15, 0.2) is 152 Å². The zero-order valence-corrected chi connectivity index (χ0v) is 26.7. The molecule has 0 saturated carbocycles. The summed E-state index contributed by atoms with van der Waals surface area (Å²) in [7, 11) is 0. The van der Waals surface area contributed by atoms with Gasteiger partial charge in [-0.15, -0.1) is 0 Å². The summed E-state index contributed by atoms with van der Waals surface area (Å²) in [5.74, 6) is 0.